The van der Waals surface area contributed by atoms with Crippen LogP contribution in [0.5, 0.6) is 11.5 Å². The topological polar surface area (TPSA) is 84.0 Å². The summed E-state index contributed by atoms with van der Waals surface area (Å²) in [7, 11) is 3.13. The van der Waals surface area contributed by atoms with Crippen molar-refractivity contribution in [3.05, 3.63) is 83.7 Å². The number of aromatic nitrogens is 1. The number of amides is 2. The van der Waals surface area contributed by atoms with E-state index >= 15 is 0 Å². The summed E-state index contributed by atoms with van der Waals surface area (Å²) in [6, 6.07) is 17.6. The van der Waals surface area contributed by atoms with E-state index in [9.17, 15) is 9.59 Å². The van der Waals surface area contributed by atoms with Crippen molar-refractivity contribution in [3.63, 3.8) is 0 Å². The van der Waals surface area contributed by atoms with Crippen LogP contribution in [0.1, 0.15) is 47.2 Å². The molecule has 2 amide bonds. The highest BCUT2D eigenvalue weighted by Crippen LogP contribution is 2.43. The highest BCUT2D eigenvalue weighted by molar-refractivity contribution is 5.94. The van der Waals surface area contributed by atoms with Crippen molar-refractivity contribution in [1.29, 1.82) is 0 Å². The Kier molecular flexibility index (Phi) is 8.53. The van der Waals surface area contributed by atoms with Gasteiger partial charge in [-0.2, -0.15) is 0 Å². The summed E-state index contributed by atoms with van der Waals surface area (Å²) in [6.45, 7) is 3.79. The molecule has 8 heteroatoms. The number of benzene rings is 2. The Labute approximate surface area is 236 Å². The van der Waals surface area contributed by atoms with Crippen molar-refractivity contribution in [2.45, 2.75) is 38.6 Å². The fourth-order valence-electron chi connectivity index (χ4n) is 5.99. The molecule has 2 fully saturated rings. The molecule has 0 aliphatic carbocycles. The van der Waals surface area contributed by atoms with Crippen LogP contribution in [0.2, 0.25) is 0 Å². The van der Waals surface area contributed by atoms with Gasteiger partial charge in [-0.15, -0.1) is 0 Å². The Morgan fingerprint density at radius 1 is 0.975 bits per heavy atom. The Morgan fingerprint density at radius 3 is 2.50 bits per heavy atom. The number of carbonyl (C=O) groups excluding carboxylic acids is 2. The molecule has 2 aromatic carbocycles. The summed E-state index contributed by atoms with van der Waals surface area (Å²) in [5.74, 6) is 1.30. The molecule has 1 spiro atoms. The van der Waals surface area contributed by atoms with Crippen LogP contribution in [0.25, 0.3) is 0 Å². The van der Waals surface area contributed by atoms with Crippen LogP contribution >= 0.6 is 0 Å². The summed E-state index contributed by atoms with van der Waals surface area (Å²) >= 11 is 0. The van der Waals surface area contributed by atoms with Crippen molar-refractivity contribution >= 4 is 17.5 Å². The molecule has 210 valence electrons. The molecule has 2 aliphatic heterocycles. The van der Waals surface area contributed by atoms with Crippen LogP contribution in [-0.2, 0) is 17.8 Å². The molecule has 5 rings (SSSR count). The molecule has 1 N–H and O–H groups in total. The minimum atomic E-state index is -0.234. The minimum Gasteiger partial charge on any atom is -0.493 e. The number of rotatable bonds is 10. The number of methoxy groups -OCH3 is 2. The van der Waals surface area contributed by atoms with Crippen LogP contribution in [0.3, 0.4) is 0 Å². The number of piperidine rings is 1. The average Bonchev–Trinajstić information content (AvgIpc) is 3.29. The smallest absolute Gasteiger partial charge is 0.251 e. The lowest BCUT2D eigenvalue weighted by atomic mass is 9.77. The van der Waals surface area contributed by atoms with Gasteiger partial charge in [0.1, 0.15) is 0 Å². The molecule has 1 aromatic heterocycles. The summed E-state index contributed by atoms with van der Waals surface area (Å²) in [6.07, 6.45) is 8.00. The quantitative estimate of drug-likeness (QED) is 0.381. The summed E-state index contributed by atoms with van der Waals surface area (Å²) in [5.41, 5.74) is 3.90. The van der Waals surface area contributed by atoms with E-state index in [1.807, 2.05) is 23.2 Å². The third-order valence-electron chi connectivity index (χ3n) is 8.30. The third-order valence-corrected chi connectivity index (χ3v) is 8.30. The van der Waals surface area contributed by atoms with Gasteiger partial charge in [0.25, 0.3) is 5.91 Å². The lowest BCUT2D eigenvalue weighted by Gasteiger charge is -2.40. The maximum Gasteiger partial charge on any atom is 0.251 e. The van der Waals surface area contributed by atoms with Crippen LogP contribution in [0, 0.1) is 5.41 Å². The normalized spacial score (nSPS) is 16.3. The number of nitrogens with zero attached hydrogens (tertiary/aromatic N) is 3. The van der Waals surface area contributed by atoms with Gasteiger partial charge >= 0.3 is 0 Å². The Morgan fingerprint density at radius 2 is 1.75 bits per heavy atom. The highest BCUT2D eigenvalue weighted by atomic mass is 16.5. The number of anilines is 1. The zero-order valence-electron chi connectivity index (χ0n) is 23.4. The van der Waals surface area contributed by atoms with E-state index in [4.69, 9.17) is 9.47 Å². The SMILES string of the molecule is COc1ccc(C(=O)NCCCc2ccccc2N2CCC3(CCN(Cc4cccnc4)C3=O)CC2)cc1OC. The zero-order chi connectivity index (χ0) is 28.0. The van der Waals surface area contributed by atoms with Crippen molar-refractivity contribution < 1.29 is 19.1 Å². The summed E-state index contributed by atoms with van der Waals surface area (Å²) in [4.78, 5) is 34.7. The molecule has 8 nitrogen and oxygen atoms in total. The molecule has 0 atom stereocenters. The van der Waals surface area contributed by atoms with Gasteiger partial charge in [-0.25, -0.2) is 0 Å². The number of aryl methyl sites for hydroxylation is 1. The monoisotopic (exact) mass is 542 g/mol. The van der Waals surface area contributed by atoms with Crippen LogP contribution in [-0.4, -0.2) is 62.1 Å². The first-order valence-corrected chi connectivity index (χ1v) is 14.0. The standard InChI is InChI=1S/C32H38N4O4/c1-39-28-12-11-26(21-29(28)40-2)30(37)34-17-6-9-25-8-3-4-10-27(25)35-18-13-32(14-19-35)15-20-36(31(32)38)23-24-7-5-16-33-22-24/h3-5,7-8,10-12,16,21-22H,6,9,13-15,17-20,23H2,1-2H3,(H,34,37). The van der Waals surface area contributed by atoms with Crippen molar-refractivity contribution in [2.24, 2.45) is 5.41 Å². The second-order valence-electron chi connectivity index (χ2n) is 10.7. The molecule has 0 radical (unpaired) electrons. The Hall–Kier alpha value is -4.07. The maximum absolute atomic E-state index is 13.4. The predicted octanol–water partition coefficient (Wildman–Crippen LogP) is 4.48. The molecule has 3 aromatic rings. The predicted molar refractivity (Wildman–Crippen MR) is 155 cm³/mol. The fraction of sp³-hybridized carbons (Fsp3) is 0.406. The number of likely N-dealkylation sites (tertiary alicyclic amines) is 1. The van der Waals surface area contributed by atoms with E-state index in [0.29, 0.717) is 36.1 Å². The molecular formula is C32H38N4O4. The number of nitrogens with one attached hydrogen (secondary N) is 1. The van der Waals surface area contributed by atoms with Crippen LogP contribution in [0.15, 0.2) is 67.0 Å². The lowest BCUT2D eigenvalue weighted by molar-refractivity contribution is -0.137. The number of pyridine rings is 1. The van der Waals surface area contributed by atoms with E-state index in [0.717, 1.165) is 57.3 Å². The van der Waals surface area contributed by atoms with Gasteiger partial charge in [0.2, 0.25) is 5.91 Å². The van der Waals surface area contributed by atoms with E-state index < -0.39 is 0 Å². The number of carbonyl (C=O) groups is 2. The van der Waals surface area contributed by atoms with E-state index in [2.05, 4.69) is 39.5 Å². The molecule has 3 heterocycles. The van der Waals surface area contributed by atoms with Gasteiger partial charge in [-0.1, -0.05) is 24.3 Å². The van der Waals surface area contributed by atoms with Gasteiger partial charge in [-0.3, -0.25) is 14.6 Å². The second kappa shape index (κ2) is 12.4. The third kappa shape index (κ3) is 5.91. The van der Waals surface area contributed by atoms with Crippen LogP contribution < -0.4 is 19.7 Å². The molecule has 2 aliphatic rings. The first-order chi connectivity index (χ1) is 19.5. The molecule has 40 heavy (non-hydrogen) atoms. The van der Waals surface area contributed by atoms with E-state index in [-0.39, 0.29) is 11.3 Å². The van der Waals surface area contributed by atoms with Gasteiger partial charge in [0, 0.05) is 56.4 Å². The number of hydrogen-bond donors (Lipinski definition) is 1. The molecule has 0 unspecified atom stereocenters. The van der Waals surface area contributed by atoms with Gasteiger partial charge in [0.05, 0.1) is 19.6 Å². The fourth-order valence-corrected chi connectivity index (χ4v) is 5.99. The summed E-state index contributed by atoms with van der Waals surface area (Å²) in [5, 5.41) is 3.02. The molecular weight excluding hydrogens is 504 g/mol. The first-order valence-electron chi connectivity index (χ1n) is 14.0. The number of para-hydroxylation sites is 1. The van der Waals surface area contributed by atoms with Crippen molar-refractivity contribution in [3.8, 4) is 11.5 Å². The number of ether oxygens (including phenoxy) is 2. The zero-order valence-corrected chi connectivity index (χ0v) is 23.4. The average molecular weight is 543 g/mol. The van der Waals surface area contributed by atoms with E-state index in [1.54, 1.807) is 38.6 Å². The largest absolute Gasteiger partial charge is 0.493 e. The van der Waals surface area contributed by atoms with Gasteiger partial charge in [0.15, 0.2) is 11.5 Å². The van der Waals surface area contributed by atoms with Crippen LogP contribution in [0.4, 0.5) is 5.69 Å². The van der Waals surface area contributed by atoms with Crippen molar-refractivity contribution in [2.75, 3.05) is 45.3 Å². The molecule has 2 saturated heterocycles. The second-order valence-corrected chi connectivity index (χ2v) is 10.7. The maximum atomic E-state index is 13.4. The Bertz CT molecular complexity index is 1320. The summed E-state index contributed by atoms with van der Waals surface area (Å²) < 4.78 is 10.6. The lowest BCUT2D eigenvalue weighted by Crippen LogP contribution is -2.44. The highest BCUT2D eigenvalue weighted by Gasteiger charge is 2.48. The Balaban J connectivity index is 1.13. The van der Waals surface area contributed by atoms with Gasteiger partial charge in [-0.05, 0) is 73.6 Å². The first kappa shape index (κ1) is 27.5. The molecule has 0 bridgehead atoms. The molecule has 0 saturated carbocycles. The van der Waals surface area contributed by atoms with E-state index in [1.165, 1.54) is 11.3 Å². The van der Waals surface area contributed by atoms with Gasteiger partial charge < -0.3 is 24.6 Å². The minimum absolute atomic E-state index is 0.130. The van der Waals surface area contributed by atoms with Crippen molar-refractivity contribution in [1.82, 2.24) is 15.2 Å². The number of hydrogen-bond acceptors (Lipinski definition) is 6.